The molecule has 1 aromatic heterocycles. The molecule has 7 heteroatoms. The van der Waals surface area contributed by atoms with Crippen molar-refractivity contribution in [1.82, 2.24) is 10.5 Å². The van der Waals surface area contributed by atoms with Crippen molar-refractivity contribution in [2.45, 2.75) is 6.42 Å². The van der Waals surface area contributed by atoms with E-state index in [0.29, 0.717) is 21.4 Å². The molecule has 1 heterocycles. The van der Waals surface area contributed by atoms with Gasteiger partial charge in [0.15, 0.2) is 0 Å². The van der Waals surface area contributed by atoms with E-state index in [9.17, 15) is 4.79 Å². The van der Waals surface area contributed by atoms with Crippen LogP contribution in [0, 0.1) is 0 Å². The zero-order valence-corrected chi connectivity index (χ0v) is 13.9. The van der Waals surface area contributed by atoms with E-state index in [0.717, 1.165) is 5.56 Å². The maximum absolute atomic E-state index is 12.0. The molecule has 0 aliphatic carbocycles. The van der Waals surface area contributed by atoms with Crippen LogP contribution < -0.4 is 10.8 Å². The number of carbonyl (C=O) groups excluding carboxylic acids is 1. The van der Waals surface area contributed by atoms with Crippen LogP contribution in [-0.2, 0) is 9.63 Å². The van der Waals surface area contributed by atoms with Gasteiger partial charge in [0.2, 0.25) is 5.91 Å². The van der Waals surface area contributed by atoms with Gasteiger partial charge in [-0.2, -0.15) is 0 Å². The van der Waals surface area contributed by atoms with Gasteiger partial charge in [0, 0.05) is 30.1 Å². The van der Waals surface area contributed by atoms with E-state index in [1.54, 1.807) is 48.8 Å². The van der Waals surface area contributed by atoms with Crippen LogP contribution in [0.15, 0.2) is 48.8 Å². The molecule has 0 atom stereocenters. The molecule has 120 valence electrons. The van der Waals surface area contributed by atoms with Crippen molar-refractivity contribution >= 4 is 40.5 Å². The smallest absolute Gasteiger partial charge is 0.228 e. The molecule has 1 aromatic carbocycles. The first-order valence-electron chi connectivity index (χ1n) is 6.74. The van der Waals surface area contributed by atoms with Gasteiger partial charge in [0.1, 0.15) is 0 Å². The fourth-order valence-corrected chi connectivity index (χ4v) is 2.13. The number of hydrogen-bond acceptors (Lipinski definition) is 4. The monoisotopic (exact) mass is 351 g/mol. The van der Waals surface area contributed by atoms with E-state index in [1.165, 1.54) is 7.11 Å². The number of nitrogens with one attached hydrogen (secondary N) is 2. The lowest BCUT2D eigenvalue weighted by Gasteiger charge is -2.10. The van der Waals surface area contributed by atoms with Crippen molar-refractivity contribution in [3.05, 3.63) is 64.4 Å². The molecule has 1 amide bonds. The Morgan fingerprint density at radius 1 is 1.22 bits per heavy atom. The molecule has 0 aliphatic heterocycles. The summed E-state index contributed by atoms with van der Waals surface area (Å²) in [6.45, 7) is 0. The second kappa shape index (κ2) is 8.53. The summed E-state index contributed by atoms with van der Waals surface area (Å²) in [5.41, 5.74) is 4.81. The van der Waals surface area contributed by atoms with E-state index in [2.05, 4.69) is 15.8 Å². The highest BCUT2D eigenvalue weighted by atomic mass is 35.5. The van der Waals surface area contributed by atoms with Crippen LogP contribution in [-0.4, -0.2) is 18.0 Å². The normalized spacial score (nSPS) is 11.2. The van der Waals surface area contributed by atoms with Gasteiger partial charge in [-0.15, -0.1) is 0 Å². The summed E-state index contributed by atoms with van der Waals surface area (Å²) in [5, 5.41) is 3.66. The first kappa shape index (κ1) is 17.3. The standard InChI is InChI=1S/C16H15Cl2N3O2/c1-23-21-15(11-2-3-13(17)14(18)10-11)4-5-16(22)20-12-6-8-19-9-7-12/h2-4,6-10,21H,5H2,1H3,(H,19,20,22). The number of benzene rings is 1. The van der Waals surface area contributed by atoms with E-state index in [-0.39, 0.29) is 12.3 Å². The third-order valence-electron chi connectivity index (χ3n) is 2.90. The zero-order chi connectivity index (χ0) is 16.7. The second-order valence-corrected chi connectivity index (χ2v) is 5.36. The summed E-state index contributed by atoms with van der Waals surface area (Å²) < 4.78 is 0. The van der Waals surface area contributed by atoms with Crippen molar-refractivity contribution in [1.29, 1.82) is 0 Å². The number of anilines is 1. The van der Waals surface area contributed by atoms with Gasteiger partial charge in [0.25, 0.3) is 0 Å². The predicted octanol–water partition coefficient (Wildman–Crippen LogP) is 3.91. The second-order valence-electron chi connectivity index (χ2n) is 4.54. The van der Waals surface area contributed by atoms with Crippen LogP contribution in [0.3, 0.4) is 0 Å². The minimum Gasteiger partial charge on any atom is -0.326 e. The highest BCUT2D eigenvalue weighted by Crippen LogP contribution is 2.25. The fraction of sp³-hybridized carbons (Fsp3) is 0.125. The molecule has 0 aliphatic rings. The molecular weight excluding hydrogens is 337 g/mol. The Morgan fingerprint density at radius 2 is 1.96 bits per heavy atom. The van der Waals surface area contributed by atoms with Gasteiger partial charge < -0.3 is 5.32 Å². The van der Waals surface area contributed by atoms with Crippen LogP contribution in [0.4, 0.5) is 5.69 Å². The van der Waals surface area contributed by atoms with Gasteiger partial charge in [-0.05, 0) is 30.3 Å². The summed E-state index contributed by atoms with van der Waals surface area (Å²) >= 11 is 11.9. The molecule has 0 saturated carbocycles. The molecule has 0 fully saturated rings. The number of aromatic nitrogens is 1. The lowest BCUT2D eigenvalue weighted by atomic mass is 10.1. The van der Waals surface area contributed by atoms with Crippen LogP contribution >= 0.6 is 23.2 Å². The molecule has 23 heavy (non-hydrogen) atoms. The Labute approximate surface area is 144 Å². The Balaban J connectivity index is 2.09. The average Bonchev–Trinajstić information content (AvgIpc) is 2.55. The number of pyridine rings is 1. The largest absolute Gasteiger partial charge is 0.326 e. The van der Waals surface area contributed by atoms with E-state index in [4.69, 9.17) is 28.0 Å². The van der Waals surface area contributed by atoms with Gasteiger partial charge in [-0.25, -0.2) is 0 Å². The number of halogens is 2. The first-order valence-corrected chi connectivity index (χ1v) is 7.50. The minimum absolute atomic E-state index is 0.160. The van der Waals surface area contributed by atoms with Crippen LogP contribution in [0.1, 0.15) is 12.0 Å². The molecule has 0 radical (unpaired) electrons. The minimum atomic E-state index is -0.160. The zero-order valence-electron chi connectivity index (χ0n) is 12.3. The van der Waals surface area contributed by atoms with Gasteiger partial charge >= 0.3 is 0 Å². The molecule has 5 nitrogen and oxygen atoms in total. The van der Waals surface area contributed by atoms with E-state index >= 15 is 0 Å². The molecule has 0 saturated heterocycles. The molecule has 2 aromatic rings. The molecule has 0 unspecified atom stereocenters. The molecule has 2 rings (SSSR count). The summed E-state index contributed by atoms with van der Waals surface area (Å²) in [6.07, 6.45) is 5.09. The van der Waals surface area contributed by atoms with Crippen molar-refractivity contribution in [3.63, 3.8) is 0 Å². The molecule has 2 N–H and O–H groups in total. The summed E-state index contributed by atoms with van der Waals surface area (Å²) in [7, 11) is 1.49. The third-order valence-corrected chi connectivity index (χ3v) is 3.64. The third kappa shape index (κ3) is 5.25. The van der Waals surface area contributed by atoms with E-state index < -0.39 is 0 Å². The highest BCUT2D eigenvalue weighted by molar-refractivity contribution is 6.42. The topological polar surface area (TPSA) is 63.2 Å². The number of rotatable bonds is 6. The Bertz CT molecular complexity index is 706. The Morgan fingerprint density at radius 3 is 2.61 bits per heavy atom. The summed E-state index contributed by atoms with van der Waals surface area (Å²) in [4.78, 5) is 20.8. The Hall–Kier alpha value is -2.08. The number of amides is 1. The van der Waals surface area contributed by atoms with Crippen LogP contribution in [0.25, 0.3) is 5.70 Å². The number of hydroxylamine groups is 1. The van der Waals surface area contributed by atoms with Gasteiger partial charge in [-0.3, -0.25) is 20.1 Å². The molecular formula is C16H15Cl2N3O2. The van der Waals surface area contributed by atoms with Crippen LogP contribution in [0.2, 0.25) is 10.0 Å². The highest BCUT2D eigenvalue weighted by Gasteiger charge is 2.07. The van der Waals surface area contributed by atoms with Gasteiger partial charge in [-0.1, -0.05) is 29.3 Å². The van der Waals surface area contributed by atoms with E-state index in [1.807, 2.05) is 0 Å². The molecule has 0 spiro atoms. The number of carbonyl (C=O) groups is 1. The Kier molecular flexibility index (Phi) is 6.40. The van der Waals surface area contributed by atoms with Crippen molar-refractivity contribution in [2.75, 3.05) is 12.4 Å². The van der Waals surface area contributed by atoms with Crippen molar-refractivity contribution < 1.29 is 9.63 Å². The van der Waals surface area contributed by atoms with Crippen LogP contribution in [0.5, 0.6) is 0 Å². The summed E-state index contributed by atoms with van der Waals surface area (Å²) in [5.74, 6) is -0.160. The lowest BCUT2D eigenvalue weighted by Crippen LogP contribution is -2.13. The fourth-order valence-electron chi connectivity index (χ4n) is 1.83. The SMILES string of the molecule is CONC(=CCC(=O)Nc1ccncc1)c1ccc(Cl)c(Cl)c1. The molecule has 0 bridgehead atoms. The number of hydrogen-bond donors (Lipinski definition) is 2. The predicted molar refractivity (Wildman–Crippen MR) is 92.1 cm³/mol. The maximum atomic E-state index is 12.0. The lowest BCUT2D eigenvalue weighted by molar-refractivity contribution is -0.115. The average molecular weight is 352 g/mol. The quantitative estimate of drug-likeness (QED) is 0.774. The van der Waals surface area contributed by atoms with Crippen molar-refractivity contribution in [2.24, 2.45) is 0 Å². The van der Waals surface area contributed by atoms with Crippen molar-refractivity contribution in [3.8, 4) is 0 Å². The van der Waals surface area contributed by atoms with Gasteiger partial charge in [0.05, 0.1) is 22.9 Å². The summed E-state index contributed by atoms with van der Waals surface area (Å²) in [6, 6.07) is 8.60. The maximum Gasteiger partial charge on any atom is 0.228 e. The number of nitrogens with zero attached hydrogens (tertiary/aromatic N) is 1. The first-order chi connectivity index (χ1) is 11.1.